The van der Waals surface area contributed by atoms with E-state index in [-0.39, 0.29) is 29.0 Å². The monoisotopic (exact) mass is 390 g/mol. The largest absolute Gasteiger partial charge is 0.324 e. The second kappa shape index (κ2) is 7.13. The van der Waals surface area contributed by atoms with Crippen molar-refractivity contribution in [2.45, 2.75) is 16.7 Å². The topological polar surface area (TPSA) is 83.6 Å². The number of aryl methyl sites for hydroxylation is 1. The highest BCUT2D eigenvalue weighted by atomic mass is 32.2. The summed E-state index contributed by atoms with van der Waals surface area (Å²) in [5.74, 6) is -0.230. The van der Waals surface area contributed by atoms with Crippen molar-refractivity contribution in [2.75, 3.05) is 28.8 Å². The summed E-state index contributed by atoms with van der Waals surface area (Å²) in [6.07, 6.45) is 1.12. The van der Waals surface area contributed by atoms with Gasteiger partial charge < -0.3 is 10.2 Å². The summed E-state index contributed by atoms with van der Waals surface area (Å²) in [5.41, 5.74) is 1.88. The molecule has 136 valence electrons. The van der Waals surface area contributed by atoms with Gasteiger partial charge in [-0.1, -0.05) is 18.2 Å². The number of para-hydroxylation sites is 1. The van der Waals surface area contributed by atoms with Crippen LogP contribution in [0.2, 0.25) is 0 Å². The van der Waals surface area contributed by atoms with Crippen LogP contribution in [0, 0.1) is 6.92 Å². The molecule has 0 saturated heterocycles. The van der Waals surface area contributed by atoms with Gasteiger partial charge in [0.2, 0.25) is 11.8 Å². The Labute approximate surface area is 156 Å². The average Bonchev–Trinajstić information content (AvgIpc) is 2.58. The summed E-state index contributed by atoms with van der Waals surface area (Å²) in [6.45, 7) is 1.65. The first kappa shape index (κ1) is 18.5. The maximum atomic E-state index is 12.5. The number of benzene rings is 2. The quantitative estimate of drug-likeness (QED) is 0.867. The number of nitrogens with zero attached hydrogens (tertiary/aromatic N) is 1. The van der Waals surface area contributed by atoms with E-state index in [4.69, 9.17) is 0 Å². The van der Waals surface area contributed by atoms with Crippen LogP contribution in [-0.4, -0.2) is 38.8 Å². The lowest BCUT2D eigenvalue weighted by Gasteiger charge is -2.28. The fourth-order valence-electron chi connectivity index (χ4n) is 2.63. The van der Waals surface area contributed by atoms with Gasteiger partial charge in [0.05, 0.1) is 16.3 Å². The van der Waals surface area contributed by atoms with Gasteiger partial charge in [-0.15, -0.1) is 11.8 Å². The van der Waals surface area contributed by atoms with Crippen LogP contribution in [0.15, 0.2) is 52.3 Å². The van der Waals surface area contributed by atoms with Crippen molar-refractivity contribution in [3.8, 4) is 0 Å². The van der Waals surface area contributed by atoms with Crippen LogP contribution in [0.1, 0.15) is 5.56 Å². The molecule has 0 saturated carbocycles. The van der Waals surface area contributed by atoms with Crippen LogP contribution in [0.4, 0.5) is 11.4 Å². The molecule has 1 heterocycles. The Bertz CT molecular complexity index is 986. The highest BCUT2D eigenvalue weighted by molar-refractivity contribution is 8.00. The highest BCUT2D eigenvalue weighted by Gasteiger charge is 2.26. The minimum Gasteiger partial charge on any atom is -0.324 e. The van der Waals surface area contributed by atoms with Crippen LogP contribution >= 0.6 is 11.8 Å². The molecule has 0 radical (unpaired) electrons. The number of carbonyl (C=O) groups is 2. The molecule has 2 amide bonds. The third kappa shape index (κ3) is 3.91. The van der Waals surface area contributed by atoms with E-state index in [1.165, 1.54) is 28.8 Å². The first-order chi connectivity index (χ1) is 12.3. The summed E-state index contributed by atoms with van der Waals surface area (Å²) in [6, 6.07) is 12.0. The molecule has 1 N–H and O–H groups in total. The van der Waals surface area contributed by atoms with Crippen molar-refractivity contribution in [1.82, 2.24) is 0 Å². The number of carbonyl (C=O) groups excluding carboxylic acids is 2. The minimum absolute atomic E-state index is 0.126. The molecule has 8 heteroatoms. The van der Waals surface area contributed by atoms with Crippen LogP contribution < -0.4 is 10.2 Å². The number of hydrogen-bond donors (Lipinski definition) is 1. The molecule has 0 aromatic heterocycles. The van der Waals surface area contributed by atoms with Crippen molar-refractivity contribution in [2.24, 2.45) is 0 Å². The minimum atomic E-state index is -3.37. The fourth-order valence-corrected chi connectivity index (χ4v) is 4.21. The number of nitrogens with one attached hydrogen (secondary N) is 1. The summed E-state index contributed by atoms with van der Waals surface area (Å²) in [7, 11) is -3.37. The lowest BCUT2D eigenvalue weighted by atomic mass is 10.2. The first-order valence-electron chi connectivity index (χ1n) is 7.88. The average molecular weight is 390 g/mol. The second-order valence-corrected chi connectivity index (χ2v) is 9.07. The van der Waals surface area contributed by atoms with E-state index in [9.17, 15) is 18.0 Å². The number of anilines is 2. The number of fused-ring (bicyclic) bond motifs is 1. The van der Waals surface area contributed by atoms with E-state index in [0.717, 1.165) is 16.7 Å². The molecular weight excluding hydrogens is 372 g/mol. The molecule has 0 bridgehead atoms. The van der Waals surface area contributed by atoms with Crippen molar-refractivity contribution >= 4 is 44.8 Å². The third-order valence-electron chi connectivity index (χ3n) is 4.02. The van der Waals surface area contributed by atoms with E-state index < -0.39 is 9.84 Å². The maximum absolute atomic E-state index is 12.5. The Kier molecular flexibility index (Phi) is 5.06. The lowest BCUT2D eigenvalue weighted by Crippen LogP contribution is -2.41. The van der Waals surface area contributed by atoms with E-state index in [2.05, 4.69) is 5.32 Å². The lowest BCUT2D eigenvalue weighted by molar-refractivity contribution is -0.120. The molecule has 3 rings (SSSR count). The van der Waals surface area contributed by atoms with E-state index in [1.807, 2.05) is 24.3 Å². The highest BCUT2D eigenvalue weighted by Crippen LogP contribution is 2.34. The smallest absolute Gasteiger partial charge is 0.244 e. The number of sulfone groups is 1. The van der Waals surface area contributed by atoms with Gasteiger partial charge in [-0.05, 0) is 36.8 Å². The summed E-state index contributed by atoms with van der Waals surface area (Å²) >= 11 is 1.45. The zero-order valence-electron chi connectivity index (χ0n) is 14.4. The van der Waals surface area contributed by atoms with Crippen molar-refractivity contribution in [3.63, 3.8) is 0 Å². The molecule has 1 aliphatic rings. The third-order valence-corrected chi connectivity index (χ3v) is 6.18. The van der Waals surface area contributed by atoms with Gasteiger partial charge in [-0.3, -0.25) is 9.59 Å². The Morgan fingerprint density at radius 1 is 1.23 bits per heavy atom. The van der Waals surface area contributed by atoms with Gasteiger partial charge >= 0.3 is 0 Å². The number of thioether (sulfide) groups is 1. The Morgan fingerprint density at radius 2 is 1.96 bits per heavy atom. The Morgan fingerprint density at radius 3 is 2.69 bits per heavy atom. The molecule has 2 aromatic carbocycles. The zero-order valence-corrected chi connectivity index (χ0v) is 16.0. The molecule has 1 aliphatic heterocycles. The molecule has 0 fully saturated rings. The first-order valence-corrected chi connectivity index (χ1v) is 10.8. The summed E-state index contributed by atoms with van der Waals surface area (Å²) < 4.78 is 23.4. The van der Waals surface area contributed by atoms with Crippen molar-refractivity contribution in [3.05, 3.63) is 48.0 Å². The zero-order chi connectivity index (χ0) is 18.9. The van der Waals surface area contributed by atoms with Crippen molar-refractivity contribution in [1.29, 1.82) is 0 Å². The van der Waals surface area contributed by atoms with Crippen LogP contribution in [0.25, 0.3) is 0 Å². The number of hydrogen-bond acceptors (Lipinski definition) is 5. The Hall–Kier alpha value is -2.32. The molecule has 6 nitrogen and oxygen atoms in total. The second-order valence-electron chi connectivity index (χ2n) is 6.03. The van der Waals surface area contributed by atoms with E-state index in [1.54, 1.807) is 13.0 Å². The predicted octanol–water partition coefficient (Wildman–Crippen LogP) is 2.48. The van der Waals surface area contributed by atoms with Gasteiger partial charge in [0.1, 0.15) is 6.54 Å². The molecule has 0 spiro atoms. The van der Waals surface area contributed by atoms with Gasteiger partial charge in [-0.2, -0.15) is 0 Å². The molecule has 0 atom stereocenters. The van der Waals surface area contributed by atoms with Gasteiger partial charge in [-0.25, -0.2) is 8.42 Å². The molecule has 0 aliphatic carbocycles. The fraction of sp³-hybridized carbons (Fsp3) is 0.222. The summed E-state index contributed by atoms with van der Waals surface area (Å²) in [5, 5.41) is 2.72. The van der Waals surface area contributed by atoms with E-state index in [0.29, 0.717) is 11.4 Å². The summed E-state index contributed by atoms with van der Waals surface area (Å²) in [4.78, 5) is 27.3. The van der Waals surface area contributed by atoms with Crippen LogP contribution in [0.5, 0.6) is 0 Å². The van der Waals surface area contributed by atoms with Gasteiger partial charge in [0.25, 0.3) is 0 Å². The van der Waals surface area contributed by atoms with E-state index >= 15 is 0 Å². The molecular formula is C18H18N2O4S2. The normalized spacial score (nSPS) is 14.1. The maximum Gasteiger partial charge on any atom is 0.244 e. The van der Waals surface area contributed by atoms with Crippen LogP contribution in [-0.2, 0) is 19.4 Å². The van der Waals surface area contributed by atoms with Crippen molar-refractivity contribution < 1.29 is 18.0 Å². The number of amides is 2. The standard InChI is InChI=1S/C18H18N2O4S2/c1-12-7-8-13(26(2,23)24)9-14(12)19-17(21)10-20-15-5-3-4-6-16(15)25-11-18(20)22/h3-9H,10-11H2,1-2H3,(H,19,21). The molecule has 2 aromatic rings. The SMILES string of the molecule is Cc1ccc(S(C)(=O)=O)cc1NC(=O)CN1C(=O)CSc2ccccc21. The molecule has 26 heavy (non-hydrogen) atoms. The van der Waals surface area contributed by atoms with Gasteiger partial charge in [0.15, 0.2) is 9.84 Å². The van der Waals surface area contributed by atoms with Gasteiger partial charge in [0, 0.05) is 16.8 Å². The molecule has 0 unspecified atom stereocenters. The van der Waals surface area contributed by atoms with Crippen LogP contribution in [0.3, 0.4) is 0 Å². The predicted molar refractivity (Wildman–Crippen MR) is 102 cm³/mol. The Balaban J connectivity index is 1.81. The number of rotatable bonds is 4.